The molecule has 268 valence electrons. The Balaban J connectivity index is 1.94. The van der Waals surface area contributed by atoms with Crippen LogP contribution in [0.2, 0.25) is 0 Å². The molecule has 14 unspecified atom stereocenters. The number of carboxylic acid groups (broad SMARTS) is 2. The minimum absolute atomic E-state index is 0.729. The molecule has 0 aromatic rings. The summed E-state index contributed by atoms with van der Waals surface area (Å²) in [5.74, 6) is -11.6. The quantitative estimate of drug-likeness (QED) is 0.0866. The fourth-order valence-corrected chi connectivity index (χ4v) is 6.03. The summed E-state index contributed by atoms with van der Waals surface area (Å²) in [7, 11) is 0. The van der Waals surface area contributed by atoms with E-state index in [-0.39, 0.29) is 0 Å². The Bertz CT molecular complexity index is 1030. The highest BCUT2D eigenvalue weighted by molar-refractivity contribution is 5.76. The SMILES string of the molecule is CC1OC(CO)C(O)C(OC2(C(=O)O)CC(O)C(C)C([C@H](O)C(CO)OC3(C(=O)O)CC(O)C(C)C([C@H](O)[C@H](O)CO)O3)O2)C1O. The zero-order valence-corrected chi connectivity index (χ0v) is 25.4. The van der Waals surface area contributed by atoms with Crippen molar-refractivity contribution in [1.82, 2.24) is 0 Å². The predicted octanol–water partition coefficient (Wildman–Crippen LogP) is -5.54. The van der Waals surface area contributed by atoms with Crippen molar-refractivity contribution in [2.24, 2.45) is 11.8 Å². The average Bonchev–Trinajstić information content (AvgIpc) is 3.01. The summed E-state index contributed by atoms with van der Waals surface area (Å²) < 4.78 is 27.7. The molecule has 0 aromatic heterocycles. The smallest absolute Gasteiger partial charge is 0.364 e. The molecule has 12 N–H and O–H groups in total. The van der Waals surface area contributed by atoms with Crippen molar-refractivity contribution in [2.45, 2.75) is 125 Å². The molecule has 0 saturated carbocycles. The Hall–Kier alpha value is -1.66. The summed E-state index contributed by atoms with van der Waals surface area (Å²) in [6.45, 7) is 1.24. The van der Waals surface area contributed by atoms with Gasteiger partial charge in [0.2, 0.25) is 0 Å². The zero-order chi connectivity index (χ0) is 34.9. The minimum Gasteiger partial charge on any atom is -0.477 e. The fraction of sp³-hybridized carbons (Fsp3) is 0.926. The summed E-state index contributed by atoms with van der Waals surface area (Å²) in [6, 6.07) is 0. The van der Waals surface area contributed by atoms with Crippen LogP contribution < -0.4 is 0 Å². The van der Waals surface area contributed by atoms with Gasteiger partial charge in [0.25, 0.3) is 11.6 Å². The molecule has 0 aromatic carbocycles. The normalized spacial score (nSPS) is 44.6. The summed E-state index contributed by atoms with van der Waals surface area (Å²) in [4.78, 5) is 25.1. The van der Waals surface area contributed by atoms with Crippen LogP contribution in [0, 0.1) is 11.8 Å². The molecule has 46 heavy (non-hydrogen) atoms. The van der Waals surface area contributed by atoms with E-state index in [0.29, 0.717) is 0 Å². The Morgan fingerprint density at radius 1 is 0.783 bits per heavy atom. The number of ether oxygens (including phenoxy) is 5. The minimum atomic E-state index is -2.87. The number of rotatable bonds is 13. The van der Waals surface area contributed by atoms with Gasteiger partial charge >= 0.3 is 11.9 Å². The summed E-state index contributed by atoms with van der Waals surface area (Å²) >= 11 is 0. The third kappa shape index (κ3) is 7.48. The van der Waals surface area contributed by atoms with Gasteiger partial charge in [-0.15, -0.1) is 0 Å². The standard InChI is InChI=1S/C27H46O19/c1-9-12(31)4-26(24(38)39,44-21(9)18(35)14(33)6-28)43-16(8-30)20(37)22-10(2)13(32)5-27(45-22,25(40)41)46-23-17(34)11(3)42-15(7-29)19(23)36/h9-23,28-37H,4-8H2,1-3H3,(H,38,39)(H,40,41)/t9?,10?,11?,12?,13?,14-,15?,16?,17?,18-,19?,20-,21?,22?,23?,26?,27?/m1/s1. The van der Waals surface area contributed by atoms with Gasteiger partial charge in [-0.2, -0.15) is 0 Å². The van der Waals surface area contributed by atoms with Gasteiger partial charge in [-0.1, -0.05) is 13.8 Å². The van der Waals surface area contributed by atoms with Crippen LogP contribution >= 0.6 is 0 Å². The highest BCUT2D eigenvalue weighted by Gasteiger charge is 2.60. The second-order valence-electron chi connectivity index (χ2n) is 12.2. The Morgan fingerprint density at radius 2 is 1.28 bits per heavy atom. The molecule has 19 heteroatoms. The maximum absolute atomic E-state index is 12.6. The van der Waals surface area contributed by atoms with Gasteiger partial charge < -0.3 is 85.0 Å². The molecule has 3 rings (SSSR count). The van der Waals surface area contributed by atoms with Gasteiger partial charge in [0.1, 0.15) is 48.8 Å². The average molecular weight is 675 g/mol. The van der Waals surface area contributed by atoms with Crippen molar-refractivity contribution >= 4 is 11.9 Å². The van der Waals surface area contributed by atoms with Crippen LogP contribution in [0.5, 0.6) is 0 Å². The van der Waals surface area contributed by atoms with Crippen LogP contribution in [0.25, 0.3) is 0 Å². The fourth-order valence-electron chi connectivity index (χ4n) is 6.03. The molecular weight excluding hydrogens is 628 g/mol. The number of carboxylic acids is 2. The maximum atomic E-state index is 12.6. The van der Waals surface area contributed by atoms with Crippen LogP contribution in [-0.4, -0.2) is 184 Å². The van der Waals surface area contributed by atoms with Crippen molar-refractivity contribution in [2.75, 3.05) is 19.8 Å². The van der Waals surface area contributed by atoms with E-state index in [2.05, 4.69) is 0 Å². The van der Waals surface area contributed by atoms with E-state index < -0.39 is 147 Å². The molecule has 19 nitrogen and oxygen atoms in total. The first kappa shape index (κ1) is 38.8. The lowest BCUT2D eigenvalue weighted by atomic mass is 9.83. The Labute approximate surface area is 263 Å². The van der Waals surface area contributed by atoms with Crippen LogP contribution in [-0.2, 0) is 33.3 Å². The molecule has 0 bridgehead atoms. The summed E-state index contributed by atoms with van der Waals surface area (Å²) in [5.41, 5.74) is 0. The van der Waals surface area contributed by atoms with Crippen LogP contribution in [0.3, 0.4) is 0 Å². The van der Waals surface area contributed by atoms with Crippen molar-refractivity contribution < 1.29 is 94.6 Å². The van der Waals surface area contributed by atoms with E-state index in [9.17, 15) is 70.9 Å². The summed E-state index contributed by atoms with van der Waals surface area (Å²) in [5, 5.41) is 124. The molecule has 0 spiro atoms. The number of hydrogen-bond donors (Lipinski definition) is 12. The highest BCUT2D eigenvalue weighted by Crippen LogP contribution is 2.41. The van der Waals surface area contributed by atoms with Gasteiger partial charge in [-0.05, 0) is 6.92 Å². The number of carbonyl (C=O) groups is 2. The van der Waals surface area contributed by atoms with E-state index in [4.69, 9.17) is 23.7 Å². The van der Waals surface area contributed by atoms with Crippen molar-refractivity contribution in [3.63, 3.8) is 0 Å². The van der Waals surface area contributed by atoms with Gasteiger partial charge in [-0.25, -0.2) is 9.59 Å². The van der Waals surface area contributed by atoms with Crippen LogP contribution in [0.15, 0.2) is 0 Å². The highest BCUT2D eigenvalue weighted by atomic mass is 16.8. The molecule has 0 radical (unpaired) electrons. The Kier molecular flexibility index (Phi) is 12.9. The largest absolute Gasteiger partial charge is 0.477 e. The molecule has 3 saturated heterocycles. The van der Waals surface area contributed by atoms with Crippen LogP contribution in [0.4, 0.5) is 0 Å². The van der Waals surface area contributed by atoms with Gasteiger partial charge in [-0.3, -0.25) is 0 Å². The first-order valence-electron chi connectivity index (χ1n) is 14.8. The molecule has 3 aliphatic heterocycles. The van der Waals surface area contributed by atoms with Gasteiger partial charge in [0.05, 0.1) is 50.3 Å². The Morgan fingerprint density at radius 3 is 1.76 bits per heavy atom. The number of hydrogen-bond acceptors (Lipinski definition) is 17. The molecular formula is C27H46O19. The lowest BCUT2D eigenvalue weighted by Crippen LogP contribution is -2.67. The number of aliphatic carboxylic acids is 2. The molecule has 3 fully saturated rings. The van der Waals surface area contributed by atoms with Gasteiger partial charge in [0.15, 0.2) is 0 Å². The van der Waals surface area contributed by atoms with E-state index >= 15 is 0 Å². The predicted molar refractivity (Wildman–Crippen MR) is 145 cm³/mol. The van der Waals surface area contributed by atoms with Gasteiger partial charge in [0, 0.05) is 24.7 Å². The molecule has 0 aliphatic carbocycles. The van der Waals surface area contributed by atoms with E-state index in [0.717, 1.165) is 0 Å². The molecule has 3 aliphatic rings. The van der Waals surface area contributed by atoms with Crippen molar-refractivity contribution in [3.05, 3.63) is 0 Å². The molecule has 0 amide bonds. The lowest BCUT2D eigenvalue weighted by Gasteiger charge is -2.50. The van der Waals surface area contributed by atoms with E-state index in [1.807, 2.05) is 0 Å². The lowest BCUT2D eigenvalue weighted by molar-refractivity contribution is -0.367. The van der Waals surface area contributed by atoms with E-state index in [1.54, 1.807) is 0 Å². The van der Waals surface area contributed by atoms with Crippen molar-refractivity contribution in [1.29, 1.82) is 0 Å². The van der Waals surface area contributed by atoms with E-state index in [1.165, 1.54) is 20.8 Å². The number of aliphatic hydroxyl groups is 10. The first-order valence-corrected chi connectivity index (χ1v) is 14.8. The summed E-state index contributed by atoms with van der Waals surface area (Å²) in [6.07, 6.45) is -23.6. The van der Waals surface area contributed by atoms with Crippen molar-refractivity contribution in [3.8, 4) is 0 Å². The third-order valence-corrected chi connectivity index (χ3v) is 9.10. The number of aliphatic hydroxyl groups excluding tert-OH is 10. The zero-order valence-electron chi connectivity index (χ0n) is 25.4. The van der Waals surface area contributed by atoms with Crippen LogP contribution in [0.1, 0.15) is 33.6 Å². The maximum Gasteiger partial charge on any atom is 0.364 e. The second-order valence-corrected chi connectivity index (χ2v) is 12.2. The monoisotopic (exact) mass is 674 g/mol. The third-order valence-electron chi connectivity index (χ3n) is 9.10. The topological polar surface area (TPSA) is 323 Å². The second kappa shape index (κ2) is 15.3. The molecule has 17 atom stereocenters. The first-order chi connectivity index (χ1) is 21.4. The molecule has 3 heterocycles.